The highest BCUT2D eigenvalue weighted by atomic mass is 19.4. The molecule has 0 aliphatic carbocycles. The number of hydrogen-bond donors (Lipinski definition) is 1. The fourth-order valence-electron chi connectivity index (χ4n) is 2.61. The molecular formula is C18H23F3N2O3. The Morgan fingerprint density at radius 3 is 2.62 bits per heavy atom. The van der Waals surface area contributed by atoms with Gasteiger partial charge in [0.15, 0.2) is 6.61 Å². The number of benzene rings is 1. The minimum atomic E-state index is -5.02. The van der Waals surface area contributed by atoms with Crippen LogP contribution in [0.3, 0.4) is 0 Å². The largest absolute Gasteiger partial charge is 0.483 e. The third-order valence-corrected chi connectivity index (χ3v) is 4.19. The van der Waals surface area contributed by atoms with Gasteiger partial charge in [-0.3, -0.25) is 4.79 Å². The molecule has 0 radical (unpaired) electrons. The Kier molecular flexibility index (Phi) is 5.95. The van der Waals surface area contributed by atoms with Crippen molar-refractivity contribution in [2.45, 2.75) is 51.9 Å². The summed E-state index contributed by atoms with van der Waals surface area (Å²) in [6.07, 6.45) is -4.85. The van der Waals surface area contributed by atoms with E-state index in [2.05, 4.69) is 5.10 Å². The molecule has 1 aliphatic heterocycles. The van der Waals surface area contributed by atoms with Gasteiger partial charge in [-0.05, 0) is 37.3 Å². The van der Waals surface area contributed by atoms with Gasteiger partial charge in [0.1, 0.15) is 5.75 Å². The molecule has 0 saturated carbocycles. The lowest BCUT2D eigenvalue weighted by Crippen LogP contribution is -2.57. The van der Waals surface area contributed by atoms with Crippen molar-refractivity contribution in [2.75, 3.05) is 6.61 Å². The van der Waals surface area contributed by atoms with Crippen LogP contribution in [0.25, 0.3) is 0 Å². The number of halogens is 3. The number of aliphatic hydroxyl groups is 1. The van der Waals surface area contributed by atoms with Crippen LogP contribution in [0, 0.1) is 12.8 Å². The summed E-state index contributed by atoms with van der Waals surface area (Å²) in [4.78, 5) is 12.3. The number of carbonyl (C=O) groups is 1. The summed E-state index contributed by atoms with van der Waals surface area (Å²) in [5.74, 6) is -0.391. The van der Waals surface area contributed by atoms with Crippen LogP contribution in [0.2, 0.25) is 0 Å². The molecule has 1 aromatic carbocycles. The average Bonchev–Trinajstić information content (AvgIpc) is 2.90. The number of carbonyl (C=O) groups excluding carboxylic acids is 1. The predicted molar refractivity (Wildman–Crippen MR) is 90.6 cm³/mol. The third kappa shape index (κ3) is 4.35. The number of nitrogens with zero attached hydrogens (tertiary/aromatic N) is 2. The Morgan fingerprint density at radius 1 is 1.38 bits per heavy atom. The lowest BCUT2D eigenvalue weighted by atomic mass is 9.99. The summed E-state index contributed by atoms with van der Waals surface area (Å²) in [7, 11) is 0. The normalized spacial score (nSPS) is 20.5. The second-order valence-corrected chi connectivity index (χ2v) is 6.85. The molecule has 2 rings (SSSR count). The SMILES string of the molecule is Cc1ccccc1OCC(=O)N1N=C(CCC(C)C)C[C@@]1(O)C(F)(F)F. The van der Waals surface area contributed by atoms with Gasteiger partial charge in [-0.15, -0.1) is 0 Å². The van der Waals surface area contributed by atoms with Crippen molar-refractivity contribution >= 4 is 11.6 Å². The number of aryl methyl sites for hydroxylation is 1. The van der Waals surface area contributed by atoms with E-state index in [1.165, 1.54) is 0 Å². The zero-order chi connectivity index (χ0) is 19.5. The highest BCUT2D eigenvalue weighted by molar-refractivity contribution is 5.91. The van der Waals surface area contributed by atoms with Gasteiger partial charge >= 0.3 is 6.18 Å². The maximum Gasteiger partial charge on any atom is 0.438 e. The molecule has 1 heterocycles. The summed E-state index contributed by atoms with van der Waals surface area (Å²) in [6, 6.07) is 6.83. The maximum absolute atomic E-state index is 13.4. The summed E-state index contributed by atoms with van der Waals surface area (Å²) in [6.45, 7) is 4.98. The highest BCUT2D eigenvalue weighted by Crippen LogP contribution is 2.41. The van der Waals surface area contributed by atoms with E-state index >= 15 is 0 Å². The van der Waals surface area contributed by atoms with Gasteiger partial charge < -0.3 is 9.84 Å². The Balaban J connectivity index is 2.15. The first kappa shape index (κ1) is 20.2. The minimum Gasteiger partial charge on any atom is -0.483 e. The van der Waals surface area contributed by atoms with Crippen molar-refractivity contribution in [1.82, 2.24) is 5.01 Å². The Morgan fingerprint density at radius 2 is 2.04 bits per heavy atom. The van der Waals surface area contributed by atoms with Gasteiger partial charge in [0, 0.05) is 12.1 Å². The van der Waals surface area contributed by atoms with Crippen LogP contribution in [-0.4, -0.2) is 40.2 Å². The second kappa shape index (κ2) is 7.65. The van der Waals surface area contributed by atoms with E-state index in [0.29, 0.717) is 18.6 Å². The standard InChI is InChI=1S/C18H23F3N2O3/c1-12(2)8-9-14-10-17(25,18(19,20)21)23(22-14)16(24)11-26-15-7-5-4-6-13(15)3/h4-7,12,25H,8-11H2,1-3H3/t17-/m1/s1. The first-order valence-corrected chi connectivity index (χ1v) is 8.41. The van der Waals surface area contributed by atoms with Gasteiger partial charge in [0.25, 0.3) is 11.6 Å². The van der Waals surface area contributed by atoms with E-state index in [1.807, 2.05) is 13.8 Å². The Labute approximate surface area is 150 Å². The molecule has 1 atom stereocenters. The Hall–Kier alpha value is -2.09. The number of hydrogen-bond acceptors (Lipinski definition) is 4. The van der Waals surface area contributed by atoms with Crippen LogP contribution >= 0.6 is 0 Å². The number of amides is 1. The highest BCUT2D eigenvalue weighted by Gasteiger charge is 2.63. The van der Waals surface area contributed by atoms with Crippen molar-refractivity contribution in [3.63, 3.8) is 0 Å². The number of ether oxygens (including phenoxy) is 1. The quantitative estimate of drug-likeness (QED) is 0.829. The first-order chi connectivity index (χ1) is 12.0. The number of rotatable bonds is 6. The lowest BCUT2D eigenvalue weighted by Gasteiger charge is -2.32. The van der Waals surface area contributed by atoms with Gasteiger partial charge in [0.2, 0.25) is 0 Å². The summed E-state index contributed by atoms with van der Waals surface area (Å²) in [5, 5.41) is 14.0. The van der Waals surface area contributed by atoms with Crippen molar-refractivity contribution < 1.29 is 27.8 Å². The molecule has 1 N–H and O–H groups in total. The zero-order valence-corrected chi connectivity index (χ0v) is 15.0. The smallest absolute Gasteiger partial charge is 0.438 e. The Bertz CT molecular complexity index is 689. The third-order valence-electron chi connectivity index (χ3n) is 4.19. The molecule has 0 saturated heterocycles. The molecule has 1 aromatic rings. The van der Waals surface area contributed by atoms with Crippen LogP contribution in [0.15, 0.2) is 29.4 Å². The minimum absolute atomic E-state index is 0.126. The molecule has 1 amide bonds. The average molecular weight is 372 g/mol. The van der Waals surface area contributed by atoms with Crippen LogP contribution in [-0.2, 0) is 4.79 Å². The summed E-state index contributed by atoms with van der Waals surface area (Å²) in [5.41, 5.74) is -2.43. The van der Waals surface area contributed by atoms with E-state index in [0.717, 1.165) is 5.56 Å². The van der Waals surface area contributed by atoms with Crippen LogP contribution in [0.5, 0.6) is 5.75 Å². The van der Waals surface area contributed by atoms with Crippen molar-refractivity contribution in [1.29, 1.82) is 0 Å². The molecule has 0 unspecified atom stereocenters. The van der Waals surface area contributed by atoms with Gasteiger partial charge in [-0.2, -0.15) is 23.3 Å². The molecular weight excluding hydrogens is 349 g/mol. The van der Waals surface area contributed by atoms with E-state index in [-0.39, 0.29) is 16.6 Å². The van der Waals surface area contributed by atoms with Crippen LogP contribution in [0.4, 0.5) is 13.2 Å². The van der Waals surface area contributed by atoms with E-state index in [4.69, 9.17) is 4.74 Å². The van der Waals surface area contributed by atoms with E-state index in [9.17, 15) is 23.1 Å². The molecule has 0 bridgehead atoms. The van der Waals surface area contributed by atoms with Crippen molar-refractivity contribution in [3.8, 4) is 5.75 Å². The molecule has 1 aliphatic rings. The van der Waals surface area contributed by atoms with E-state index in [1.54, 1.807) is 31.2 Å². The first-order valence-electron chi connectivity index (χ1n) is 8.41. The van der Waals surface area contributed by atoms with Crippen LogP contribution < -0.4 is 4.74 Å². The van der Waals surface area contributed by atoms with Gasteiger partial charge in [0.05, 0.1) is 0 Å². The molecule has 8 heteroatoms. The number of para-hydroxylation sites is 1. The van der Waals surface area contributed by atoms with Gasteiger partial charge in [-0.25, -0.2) is 0 Å². The molecule has 0 fully saturated rings. The molecule has 0 aromatic heterocycles. The number of alkyl halides is 3. The molecule has 0 spiro atoms. The second-order valence-electron chi connectivity index (χ2n) is 6.85. The maximum atomic E-state index is 13.4. The topological polar surface area (TPSA) is 62.1 Å². The van der Waals surface area contributed by atoms with Crippen molar-refractivity contribution in [3.05, 3.63) is 29.8 Å². The van der Waals surface area contributed by atoms with Crippen LogP contribution in [0.1, 0.15) is 38.7 Å². The monoisotopic (exact) mass is 372 g/mol. The fourth-order valence-corrected chi connectivity index (χ4v) is 2.61. The summed E-state index contributed by atoms with van der Waals surface area (Å²) < 4.78 is 45.5. The molecule has 144 valence electrons. The lowest BCUT2D eigenvalue weighted by molar-refractivity contribution is -0.302. The zero-order valence-electron chi connectivity index (χ0n) is 15.0. The van der Waals surface area contributed by atoms with E-state index < -0.39 is 30.8 Å². The van der Waals surface area contributed by atoms with Gasteiger partial charge in [-0.1, -0.05) is 32.0 Å². The molecule has 5 nitrogen and oxygen atoms in total. The predicted octanol–water partition coefficient (Wildman–Crippen LogP) is 3.65. The van der Waals surface area contributed by atoms with Crippen molar-refractivity contribution in [2.24, 2.45) is 11.0 Å². The molecule has 26 heavy (non-hydrogen) atoms. The number of hydrazone groups is 1. The fraction of sp³-hybridized carbons (Fsp3) is 0.556. The summed E-state index contributed by atoms with van der Waals surface area (Å²) >= 11 is 0.